The van der Waals surface area contributed by atoms with Gasteiger partial charge in [0.1, 0.15) is 0 Å². The van der Waals surface area contributed by atoms with Crippen LogP contribution >= 0.6 is 0 Å². The number of hydrogen-bond acceptors (Lipinski definition) is 5. The Morgan fingerprint density at radius 2 is 1.71 bits per heavy atom. The molecule has 0 radical (unpaired) electrons. The number of hydrogen-bond donors (Lipinski definition) is 1. The summed E-state index contributed by atoms with van der Waals surface area (Å²) in [6.45, 7) is 4.37. The summed E-state index contributed by atoms with van der Waals surface area (Å²) in [6.07, 6.45) is -5.33. The fourth-order valence-electron chi connectivity index (χ4n) is 2.30. The van der Waals surface area contributed by atoms with Crippen LogP contribution in [0.3, 0.4) is 0 Å². The van der Waals surface area contributed by atoms with Gasteiger partial charge in [-0.15, -0.1) is 0 Å². The van der Waals surface area contributed by atoms with Crippen molar-refractivity contribution >= 4 is 23.0 Å². The first-order valence-corrected chi connectivity index (χ1v) is 6.78. The first kappa shape index (κ1) is 19.3. The summed E-state index contributed by atoms with van der Waals surface area (Å²) in [5.74, 6) is -3.01. The molecule has 0 saturated heterocycles. The molecular weight excluding hydrogens is 335 g/mol. The highest BCUT2D eigenvalue weighted by molar-refractivity contribution is 5.97. The molecule has 0 fully saturated rings. The Morgan fingerprint density at radius 1 is 1.21 bits per heavy atom. The monoisotopic (exact) mass is 349 g/mol. The lowest BCUT2D eigenvalue weighted by Gasteiger charge is -2.18. The van der Waals surface area contributed by atoms with Gasteiger partial charge in [0.25, 0.3) is 11.4 Å². The maximum atomic E-state index is 12.5. The zero-order valence-electron chi connectivity index (χ0n) is 12.9. The molecule has 1 amide bonds. The van der Waals surface area contributed by atoms with Crippen LogP contribution in [0.25, 0.3) is 0 Å². The number of nitro groups is 2. The lowest BCUT2D eigenvalue weighted by molar-refractivity contribution is -0.394. The number of benzene rings is 1. The number of alkyl halides is 3. The molecule has 0 heterocycles. The third-order valence-corrected chi connectivity index (χ3v) is 3.25. The first-order chi connectivity index (χ1) is 10.9. The minimum Gasteiger partial charge on any atom is -0.317 e. The molecule has 0 aliphatic rings. The number of carbonyl (C=O) groups excluding carboxylic acids is 1. The minimum absolute atomic E-state index is 0.0957. The van der Waals surface area contributed by atoms with E-state index in [9.17, 15) is 38.2 Å². The molecule has 24 heavy (non-hydrogen) atoms. The second-order valence-electron chi connectivity index (χ2n) is 5.16. The van der Waals surface area contributed by atoms with E-state index in [1.165, 1.54) is 20.8 Å². The van der Waals surface area contributed by atoms with E-state index in [1.54, 1.807) is 5.32 Å². The molecule has 0 aromatic heterocycles. The number of rotatable bonds is 5. The summed E-state index contributed by atoms with van der Waals surface area (Å²) in [5.41, 5.74) is -2.36. The van der Waals surface area contributed by atoms with E-state index in [2.05, 4.69) is 0 Å². The molecular formula is C13H14F3N3O5. The van der Waals surface area contributed by atoms with Crippen molar-refractivity contribution in [1.29, 1.82) is 0 Å². The molecule has 1 aromatic carbocycles. The molecule has 132 valence electrons. The lowest BCUT2D eigenvalue weighted by atomic mass is 9.93. The number of carbonyl (C=O) groups is 1. The van der Waals surface area contributed by atoms with Crippen LogP contribution in [0.15, 0.2) is 6.07 Å². The first-order valence-electron chi connectivity index (χ1n) is 6.78. The smallest absolute Gasteiger partial charge is 0.317 e. The van der Waals surface area contributed by atoms with E-state index in [0.29, 0.717) is 6.07 Å². The molecule has 0 spiro atoms. The quantitative estimate of drug-likeness (QED) is 0.643. The maximum absolute atomic E-state index is 12.5. The fraction of sp³-hybridized carbons (Fsp3) is 0.462. The predicted molar refractivity (Wildman–Crippen MR) is 77.9 cm³/mol. The fourth-order valence-corrected chi connectivity index (χ4v) is 2.30. The molecule has 11 heteroatoms. The highest BCUT2D eigenvalue weighted by atomic mass is 19.4. The lowest BCUT2D eigenvalue weighted by Crippen LogP contribution is -2.31. The molecule has 0 aliphatic carbocycles. The summed E-state index contributed by atoms with van der Waals surface area (Å²) < 4.78 is 37.6. The molecule has 0 bridgehead atoms. The van der Waals surface area contributed by atoms with Gasteiger partial charge >= 0.3 is 12.1 Å². The molecule has 0 unspecified atom stereocenters. The molecule has 1 rings (SSSR count). The van der Waals surface area contributed by atoms with Crippen LogP contribution in [0.1, 0.15) is 37.8 Å². The summed E-state index contributed by atoms with van der Waals surface area (Å²) in [7, 11) is 0. The van der Waals surface area contributed by atoms with Crippen molar-refractivity contribution in [2.75, 3.05) is 5.32 Å². The summed E-state index contributed by atoms with van der Waals surface area (Å²) in [4.78, 5) is 31.7. The maximum Gasteiger partial charge on any atom is 0.471 e. The highest BCUT2D eigenvalue weighted by Gasteiger charge is 2.41. The van der Waals surface area contributed by atoms with Crippen molar-refractivity contribution < 1.29 is 27.8 Å². The van der Waals surface area contributed by atoms with Crippen molar-refractivity contribution in [3.05, 3.63) is 37.4 Å². The van der Waals surface area contributed by atoms with Gasteiger partial charge in [-0.05, 0) is 12.3 Å². The van der Waals surface area contributed by atoms with Gasteiger partial charge in [0.2, 0.25) is 0 Å². The van der Waals surface area contributed by atoms with Crippen LogP contribution in [0.4, 0.5) is 30.2 Å². The second-order valence-corrected chi connectivity index (χ2v) is 5.16. The highest BCUT2D eigenvalue weighted by Crippen LogP contribution is 2.42. The minimum atomic E-state index is -5.24. The summed E-state index contributed by atoms with van der Waals surface area (Å²) in [6, 6.07) is 0.706. The molecule has 1 aromatic rings. The molecule has 0 saturated carbocycles. The zero-order valence-corrected chi connectivity index (χ0v) is 12.9. The largest absolute Gasteiger partial charge is 0.471 e. The Balaban J connectivity index is 3.81. The van der Waals surface area contributed by atoms with Gasteiger partial charge in [0.15, 0.2) is 0 Å². The van der Waals surface area contributed by atoms with Gasteiger partial charge in [0.05, 0.1) is 32.7 Å². The zero-order chi connectivity index (χ0) is 18.8. The van der Waals surface area contributed by atoms with Crippen molar-refractivity contribution in [3.8, 4) is 0 Å². The van der Waals surface area contributed by atoms with E-state index < -0.39 is 44.9 Å². The Morgan fingerprint density at radius 3 is 2.04 bits per heavy atom. The number of nitrogens with zero attached hydrogens (tertiary/aromatic N) is 2. The average molecular weight is 349 g/mol. The Bertz CT molecular complexity index is 701. The van der Waals surface area contributed by atoms with Crippen LogP contribution in [-0.4, -0.2) is 21.9 Å². The molecule has 8 nitrogen and oxygen atoms in total. The van der Waals surface area contributed by atoms with Crippen LogP contribution in [-0.2, 0) is 11.2 Å². The van der Waals surface area contributed by atoms with Crippen molar-refractivity contribution in [3.63, 3.8) is 0 Å². The normalized spacial score (nSPS) is 11.5. The summed E-state index contributed by atoms with van der Waals surface area (Å²) >= 11 is 0. The number of halogens is 3. The van der Waals surface area contributed by atoms with Crippen LogP contribution in [0.5, 0.6) is 0 Å². The SMILES string of the molecule is CCc1c([N+](=O)[O-])cc([N+](=O)[O-])c(C(C)C)c1NC(=O)C(F)(F)F. The standard InChI is InChI=1S/C13H14F3N3O5/c1-4-7-8(18(21)22)5-9(19(23)24)10(6(2)3)11(7)17-12(20)13(14,15)16/h5-6H,4H2,1-3H3,(H,17,20). The van der Waals surface area contributed by atoms with Crippen LogP contribution in [0.2, 0.25) is 0 Å². The second kappa shape index (κ2) is 6.81. The third kappa shape index (κ3) is 3.78. The third-order valence-electron chi connectivity index (χ3n) is 3.25. The molecule has 0 aliphatic heterocycles. The summed E-state index contributed by atoms with van der Waals surface area (Å²) in [5, 5.41) is 23.9. The number of anilines is 1. The van der Waals surface area contributed by atoms with Crippen molar-refractivity contribution in [2.45, 2.75) is 39.3 Å². The van der Waals surface area contributed by atoms with Gasteiger partial charge < -0.3 is 5.32 Å². The van der Waals surface area contributed by atoms with Gasteiger partial charge in [-0.2, -0.15) is 13.2 Å². The van der Waals surface area contributed by atoms with E-state index >= 15 is 0 Å². The Kier molecular flexibility index (Phi) is 5.48. The van der Waals surface area contributed by atoms with Crippen LogP contribution in [0, 0.1) is 20.2 Å². The van der Waals surface area contributed by atoms with Crippen molar-refractivity contribution in [1.82, 2.24) is 0 Å². The number of nitro benzene ring substituents is 2. The number of amides is 1. The average Bonchev–Trinajstić information content (AvgIpc) is 2.44. The number of nitrogens with one attached hydrogen (secondary N) is 1. The van der Waals surface area contributed by atoms with E-state index in [1.807, 2.05) is 0 Å². The topological polar surface area (TPSA) is 115 Å². The van der Waals surface area contributed by atoms with Gasteiger partial charge in [-0.3, -0.25) is 25.0 Å². The van der Waals surface area contributed by atoms with E-state index in [-0.39, 0.29) is 17.5 Å². The van der Waals surface area contributed by atoms with E-state index in [0.717, 1.165) is 0 Å². The van der Waals surface area contributed by atoms with Crippen molar-refractivity contribution in [2.24, 2.45) is 0 Å². The molecule has 1 N–H and O–H groups in total. The van der Waals surface area contributed by atoms with Gasteiger partial charge in [-0.25, -0.2) is 0 Å². The van der Waals surface area contributed by atoms with Crippen LogP contribution < -0.4 is 5.32 Å². The Labute approximate surface area is 133 Å². The molecule has 0 atom stereocenters. The van der Waals surface area contributed by atoms with E-state index in [4.69, 9.17) is 0 Å². The van der Waals surface area contributed by atoms with Gasteiger partial charge in [-0.1, -0.05) is 20.8 Å². The van der Waals surface area contributed by atoms with Gasteiger partial charge in [0, 0.05) is 0 Å². The Hall–Kier alpha value is -2.72. The predicted octanol–water partition coefficient (Wildman–Crippen LogP) is 3.69.